The number of hydrogen-bond acceptors (Lipinski definition) is 6. The van der Waals surface area contributed by atoms with Crippen LogP contribution in [0.25, 0.3) is 0 Å². The molecule has 1 aromatic heterocycles. The molecule has 10 heteroatoms. The van der Waals surface area contributed by atoms with Gasteiger partial charge in [-0.2, -0.15) is 10.2 Å². The van der Waals surface area contributed by atoms with Gasteiger partial charge in [0.2, 0.25) is 0 Å². The summed E-state index contributed by atoms with van der Waals surface area (Å²) in [6, 6.07) is 3.74. The molecule has 0 aliphatic heterocycles. The lowest BCUT2D eigenvalue weighted by Crippen LogP contribution is -2.18. The molecule has 9 nitrogen and oxygen atoms in total. The second-order valence-electron chi connectivity index (χ2n) is 4.22. The first kappa shape index (κ1) is 15.6. The molecule has 0 saturated heterocycles. The molecule has 1 amide bonds. The number of aryl methyl sites for hydroxylation is 1. The van der Waals surface area contributed by atoms with Crippen molar-refractivity contribution in [1.82, 2.24) is 15.6 Å². The Labute approximate surface area is 132 Å². The third-order valence-corrected chi connectivity index (χ3v) is 3.63. The van der Waals surface area contributed by atoms with Crippen LogP contribution < -0.4 is 5.43 Å². The number of benzene rings is 1. The van der Waals surface area contributed by atoms with Gasteiger partial charge in [0, 0.05) is 17.3 Å². The van der Waals surface area contributed by atoms with Crippen LogP contribution in [-0.4, -0.2) is 32.3 Å². The van der Waals surface area contributed by atoms with Crippen molar-refractivity contribution < 1.29 is 14.8 Å². The topological polar surface area (TPSA) is 134 Å². The van der Waals surface area contributed by atoms with E-state index in [2.05, 4.69) is 36.7 Å². The van der Waals surface area contributed by atoms with Gasteiger partial charge in [-0.3, -0.25) is 20.0 Å². The lowest BCUT2D eigenvalue weighted by Gasteiger charge is -1.98. The Hall–Kier alpha value is -2.75. The van der Waals surface area contributed by atoms with Crippen LogP contribution in [0.2, 0.25) is 0 Å². The van der Waals surface area contributed by atoms with Crippen molar-refractivity contribution in [2.24, 2.45) is 5.10 Å². The summed E-state index contributed by atoms with van der Waals surface area (Å²) < 4.78 is 0.528. The Morgan fingerprint density at radius 1 is 1.59 bits per heavy atom. The minimum Gasteiger partial charge on any atom is -0.502 e. The molecule has 114 valence electrons. The number of phenols is 1. The van der Waals surface area contributed by atoms with Crippen LogP contribution in [0.3, 0.4) is 0 Å². The van der Waals surface area contributed by atoms with E-state index in [0.717, 1.165) is 6.07 Å². The van der Waals surface area contributed by atoms with Crippen LogP contribution in [-0.2, 0) is 0 Å². The number of hydrazone groups is 1. The maximum absolute atomic E-state index is 11.8. The third kappa shape index (κ3) is 3.28. The first-order valence-electron chi connectivity index (χ1n) is 5.91. The highest BCUT2D eigenvalue weighted by atomic mass is 79.9. The Bertz CT molecular complexity index is 771. The summed E-state index contributed by atoms with van der Waals surface area (Å²) in [7, 11) is 0. The van der Waals surface area contributed by atoms with Crippen molar-refractivity contribution in [3.8, 4) is 5.75 Å². The number of H-pyrrole nitrogens is 1. The highest BCUT2D eigenvalue weighted by molar-refractivity contribution is 9.10. The molecule has 0 aliphatic carbocycles. The summed E-state index contributed by atoms with van der Waals surface area (Å²) >= 11 is 3.21. The summed E-state index contributed by atoms with van der Waals surface area (Å²) in [5.41, 5.74) is 3.00. The molecule has 22 heavy (non-hydrogen) atoms. The SMILES string of the molecule is Cc1[nH]nc(C(=O)NN=Cc2ccc(O)c([N+](=O)[O-])c2)c1Br. The lowest BCUT2D eigenvalue weighted by atomic mass is 10.2. The van der Waals surface area contributed by atoms with E-state index in [9.17, 15) is 20.0 Å². The molecular formula is C12H10BrN5O4. The fourth-order valence-electron chi connectivity index (χ4n) is 1.55. The van der Waals surface area contributed by atoms with Crippen molar-refractivity contribution >= 4 is 33.7 Å². The zero-order chi connectivity index (χ0) is 16.3. The van der Waals surface area contributed by atoms with Gasteiger partial charge in [-0.15, -0.1) is 0 Å². The van der Waals surface area contributed by atoms with Gasteiger partial charge < -0.3 is 5.11 Å². The summed E-state index contributed by atoms with van der Waals surface area (Å²) in [6.45, 7) is 1.74. The molecule has 1 aromatic carbocycles. The lowest BCUT2D eigenvalue weighted by molar-refractivity contribution is -0.385. The molecule has 0 atom stereocenters. The van der Waals surface area contributed by atoms with Gasteiger partial charge in [-0.25, -0.2) is 5.43 Å². The fourth-order valence-corrected chi connectivity index (χ4v) is 1.91. The molecule has 0 saturated carbocycles. The number of carbonyl (C=O) groups is 1. The number of nitrogens with one attached hydrogen (secondary N) is 2. The molecule has 0 unspecified atom stereocenters. The third-order valence-electron chi connectivity index (χ3n) is 2.66. The Kier molecular flexibility index (Phi) is 4.51. The fraction of sp³-hybridized carbons (Fsp3) is 0.0833. The van der Waals surface area contributed by atoms with Crippen molar-refractivity contribution in [3.05, 3.63) is 49.7 Å². The molecule has 1 heterocycles. The van der Waals surface area contributed by atoms with Gasteiger partial charge in [-0.1, -0.05) is 0 Å². The van der Waals surface area contributed by atoms with Crippen molar-refractivity contribution in [2.75, 3.05) is 0 Å². The Balaban J connectivity index is 2.10. The predicted octanol–water partition coefficient (Wildman–Crippen LogP) is 1.86. The second-order valence-corrected chi connectivity index (χ2v) is 5.01. The molecule has 0 aliphatic rings. The minimum atomic E-state index is -0.713. The molecule has 0 bridgehead atoms. The number of halogens is 1. The van der Waals surface area contributed by atoms with Crippen LogP contribution in [0.1, 0.15) is 21.7 Å². The number of nitro groups is 1. The van der Waals surface area contributed by atoms with Crippen LogP contribution in [0.15, 0.2) is 27.8 Å². The van der Waals surface area contributed by atoms with Crippen LogP contribution in [0.5, 0.6) is 5.75 Å². The van der Waals surface area contributed by atoms with Crippen molar-refractivity contribution in [1.29, 1.82) is 0 Å². The highest BCUT2D eigenvalue weighted by Gasteiger charge is 2.15. The van der Waals surface area contributed by atoms with E-state index in [-0.39, 0.29) is 5.69 Å². The summed E-state index contributed by atoms with van der Waals surface area (Å²) in [5.74, 6) is -0.983. The van der Waals surface area contributed by atoms with Gasteiger partial charge in [0.05, 0.1) is 15.6 Å². The maximum Gasteiger partial charge on any atom is 0.311 e. The smallest absolute Gasteiger partial charge is 0.311 e. The zero-order valence-corrected chi connectivity index (χ0v) is 12.8. The minimum absolute atomic E-state index is 0.145. The number of nitro benzene ring substituents is 1. The number of rotatable bonds is 4. The molecule has 0 spiro atoms. The molecule has 2 aromatic rings. The highest BCUT2D eigenvalue weighted by Crippen LogP contribution is 2.25. The van der Waals surface area contributed by atoms with E-state index < -0.39 is 22.3 Å². The van der Waals surface area contributed by atoms with Crippen molar-refractivity contribution in [3.63, 3.8) is 0 Å². The van der Waals surface area contributed by atoms with E-state index in [4.69, 9.17) is 0 Å². The number of aromatic hydroxyl groups is 1. The molecule has 2 rings (SSSR count). The number of aromatic amines is 1. The van der Waals surface area contributed by atoms with E-state index in [1.165, 1.54) is 18.3 Å². The van der Waals surface area contributed by atoms with E-state index in [1.807, 2.05) is 0 Å². The number of carbonyl (C=O) groups excluding carboxylic acids is 1. The Morgan fingerprint density at radius 3 is 2.91 bits per heavy atom. The normalized spacial score (nSPS) is 10.8. The van der Waals surface area contributed by atoms with Crippen LogP contribution in [0.4, 0.5) is 5.69 Å². The Morgan fingerprint density at radius 2 is 2.32 bits per heavy atom. The van der Waals surface area contributed by atoms with E-state index >= 15 is 0 Å². The summed E-state index contributed by atoms with van der Waals surface area (Å²) in [4.78, 5) is 21.8. The summed E-state index contributed by atoms with van der Waals surface area (Å²) in [5, 5.41) is 30.2. The van der Waals surface area contributed by atoms with Gasteiger partial charge >= 0.3 is 5.69 Å². The second kappa shape index (κ2) is 6.35. The first-order valence-corrected chi connectivity index (χ1v) is 6.70. The number of nitrogens with zero attached hydrogens (tertiary/aromatic N) is 3. The molecule has 0 radical (unpaired) electrons. The van der Waals surface area contributed by atoms with Crippen LogP contribution >= 0.6 is 15.9 Å². The largest absolute Gasteiger partial charge is 0.502 e. The van der Waals surface area contributed by atoms with Gasteiger partial charge in [0.25, 0.3) is 5.91 Å². The zero-order valence-electron chi connectivity index (χ0n) is 11.2. The van der Waals surface area contributed by atoms with Gasteiger partial charge in [0.1, 0.15) is 0 Å². The maximum atomic E-state index is 11.8. The number of hydrogen-bond donors (Lipinski definition) is 3. The van der Waals surface area contributed by atoms with Crippen molar-refractivity contribution in [2.45, 2.75) is 6.92 Å². The molecule has 0 fully saturated rings. The quantitative estimate of drug-likeness (QED) is 0.430. The van der Waals surface area contributed by atoms with E-state index in [1.54, 1.807) is 6.92 Å². The predicted molar refractivity (Wildman–Crippen MR) is 80.8 cm³/mol. The standard InChI is InChI=1S/C12H10BrN5O4/c1-6-10(13)11(16-15-6)12(20)17-14-5-7-2-3-9(19)8(4-7)18(21)22/h2-5,19H,1H3,(H,15,16)(H,17,20). The number of phenolic OH excluding ortho intramolecular Hbond substituents is 1. The summed E-state index contributed by atoms with van der Waals surface area (Å²) in [6.07, 6.45) is 1.22. The number of aromatic nitrogens is 2. The average Bonchev–Trinajstić information content (AvgIpc) is 2.80. The van der Waals surface area contributed by atoms with E-state index in [0.29, 0.717) is 15.7 Å². The molecular weight excluding hydrogens is 358 g/mol. The monoisotopic (exact) mass is 367 g/mol. The number of amides is 1. The average molecular weight is 368 g/mol. The molecule has 3 N–H and O–H groups in total. The van der Waals surface area contributed by atoms with Gasteiger partial charge in [0.15, 0.2) is 11.4 Å². The first-order chi connectivity index (χ1) is 10.4. The van der Waals surface area contributed by atoms with Crippen LogP contribution in [0, 0.1) is 17.0 Å². The van der Waals surface area contributed by atoms with Gasteiger partial charge in [-0.05, 0) is 35.0 Å².